The first kappa shape index (κ1) is 14.6. The lowest BCUT2D eigenvalue weighted by atomic mass is 9.49. The molecule has 0 unspecified atom stereocenters. The van der Waals surface area contributed by atoms with Crippen LogP contribution in [0.1, 0.15) is 44.1 Å². The zero-order chi connectivity index (χ0) is 15.3. The van der Waals surface area contributed by atoms with E-state index in [2.05, 4.69) is 0 Å². The largest absolute Gasteiger partial charge is 0.341 e. The van der Waals surface area contributed by atoms with E-state index in [1.807, 2.05) is 36.2 Å². The van der Waals surface area contributed by atoms with Crippen molar-refractivity contribution in [3.05, 3.63) is 34.9 Å². The highest BCUT2D eigenvalue weighted by Gasteiger charge is 2.55. The smallest absolute Gasteiger partial charge is 0.228 e. The minimum atomic E-state index is -0.0508. The lowest BCUT2D eigenvalue weighted by Crippen LogP contribution is -2.53. The summed E-state index contributed by atoms with van der Waals surface area (Å²) in [5, 5.41) is 0.757. The molecule has 4 saturated carbocycles. The van der Waals surface area contributed by atoms with E-state index < -0.39 is 0 Å². The van der Waals surface area contributed by atoms with Crippen LogP contribution in [0.4, 0.5) is 0 Å². The van der Waals surface area contributed by atoms with Crippen LogP contribution in [0.5, 0.6) is 0 Å². The number of halogens is 1. The molecule has 0 aliphatic heterocycles. The Kier molecular flexibility index (Phi) is 3.48. The fourth-order valence-corrected chi connectivity index (χ4v) is 5.93. The van der Waals surface area contributed by atoms with Crippen LogP contribution in [0, 0.1) is 23.2 Å². The van der Waals surface area contributed by atoms with Crippen LogP contribution in [0.2, 0.25) is 5.02 Å². The van der Waals surface area contributed by atoms with E-state index in [4.69, 9.17) is 11.6 Å². The van der Waals surface area contributed by atoms with Gasteiger partial charge in [-0.15, -0.1) is 0 Å². The summed E-state index contributed by atoms with van der Waals surface area (Å²) < 4.78 is 0. The van der Waals surface area contributed by atoms with Gasteiger partial charge in [0, 0.05) is 18.6 Å². The van der Waals surface area contributed by atoms with Crippen LogP contribution in [0.25, 0.3) is 0 Å². The first-order valence-electron chi connectivity index (χ1n) is 8.55. The van der Waals surface area contributed by atoms with Crippen LogP contribution in [0.3, 0.4) is 0 Å². The van der Waals surface area contributed by atoms with Crippen molar-refractivity contribution in [1.29, 1.82) is 0 Å². The molecule has 4 bridgehead atoms. The Bertz CT molecular complexity index is 562. The first-order chi connectivity index (χ1) is 10.6. The third-order valence-corrected chi connectivity index (χ3v) is 6.57. The number of amides is 1. The molecule has 1 aromatic rings. The van der Waals surface area contributed by atoms with Crippen molar-refractivity contribution in [3.8, 4) is 0 Å². The topological polar surface area (TPSA) is 20.3 Å². The molecule has 2 nitrogen and oxygen atoms in total. The minimum Gasteiger partial charge on any atom is -0.341 e. The number of hydrogen-bond acceptors (Lipinski definition) is 1. The maximum atomic E-state index is 13.2. The highest BCUT2D eigenvalue weighted by Crippen LogP contribution is 2.60. The van der Waals surface area contributed by atoms with Crippen molar-refractivity contribution in [2.45, 2.75) is 45.1 Å². The lowest BCUT2D eigenvalue weighted by Gasteiger charge is -2.56. The maximum absolute atomic E-state index is 13.2. The molecule has 0 atom stereocenters. The van der Waals surface area contributed by atoms with E-state index in [1.165, 1.54) is 19.3 Å². The fourth-order valence-electron chi connectivity index (χ4n) is 5.73. The quantitative estimate of drug-likeness (QED) is 0.803. The summed E-state index contributed by atoms with van der Waals surface area (Å²) in [6.07, 6.45) is 7.52. The third-order valence-electron chi connectivity index (χ3n) is 6.20. The lowest BCUT2D eigenvalue weighted by molar-refractivity contribution is -0.156. The van der Waals surface area contributed by atoms with E-state index in [1.54, 1.807) is 0 Å². The van der Waals surface area contributed by atoms with Crippen LogP contribution in [-0.4, -0.2) is 17.9 Å². The van der Waals surface area contributed by atoms with Gasteiger partial charge in [0.05, 0.1) is 5.41 Å². The molecule has 0 spiro atoms. The molecule has 1 aromatic carbocycles. The van der Waals surface area contributed by atoms with Crippen molar-refractivity contribution in [2.75, 3.05) is 7.05 Å². The van der Waals surface area contributed by atoms with Gasteiger partial charge in [-0.2, -0.15) is 0 Å². The normalized spacial score (nSPS) is 35.6. The van der Waals surface area contributed by atoms with E-state index in [-0.39, 0.29) is 5.41 Å². The number of carbonyl (C=O) groups is 1. The van der Waals surface area contributed by atoms with E-state index >= 15 is 0 Å². The summed E-state index contributed by atoms with van der Waals surface area (Å²) >= 11 is 6.25. The summed E-state index contributed by atoms with van der Waals surface area (Å²) in [4.78, 5) is 15.1. The molecule has 118 valence electrons. The average molecular weight is 318 g/mol. The molecule has 0 N–H and O–H groups in total. The molecular formula is C19H24ClNO. The van der Waals surface area contributed by atoms with Crippen molar-refractivity contribution in [1.82, 2.24) is 4.90 Å². The number of nitrogens with zero attached hydrogens (tertiary/aromatic N) is 1. The molecule has 22 heavy (non-hydrogen) atoms. The van der Waals surface area contributed by atoms with Crippen LogP contribution in [-0.2, 0) is 11.3 Å². The minimum absolute atomic E-state index is 0.0508. The molecule has 4 fully saturated rings. The summed E-state index contributed by atoms with van der Waals surface area (Å²) in [5.74, 6) is 2.79. The predicted octanol–water partition coefficient (Wildman–Crippen LogP) is 4.51. The Balaban J connectivity index is 1.53. The second-order valence-electron chi connectivity index (χ2n) is 7.95. The van der Waals surface area contributed by atoms with Gasteiger partial charge >= 0.3 is 0 Å². The Morgan fingerprint density at radius 2 is 1.68 bits per heavy atom. The summed E-state index contributed by atoms with van der Waals surface area (Å²) in [6, 6.07) is 7.85. The van der Waals surface area contributed by atoms with Gasteiger partial charge in [-0.3, -0.25) is 4.79 Å². The molecule has 0 radical (unpaired) electrons. The van der Waals surface area contributed by atoms with Crippen molar-refractivity contribution in [3.63, 3.8) is 0 Å². The predicted molar refractivity (Wildman–Crippen MR) is 88.5 cm³/mol. The van der Waals surface area contributed by atoms with Crippen LogP contribution in [0.15, 0.2) is 24.3 Å². The number of benzene rings is 1. The van der Waals surface area contributed by atoms with E-state index in [0.29, 0.717) is 12.5 Å². The van der Waals surface area contributed by atoms with Gasteiger partial charge in [-0.05, 0) is 67.9 Å². The fraction of sp³-hybridized carbons (Fsp3) is 0.632. The second-order valence-corrected chi connectivity index (χ2v) is 8.36. The number of hydrogen-bond donors (Lipinski definition) is 0. The molecule has 0 saturated heterocycles. The Morgan fingerprint density at radius 1 is 1.14 bits per heavy atom. The van der Waals surface area contributed by atoms with E-state index in [0.717, 1.165) is 47.6 Å². The van der Waals surface area contributed by atoms with Crippen molar-refractivity contribution < 1.29 is 4.79 Å². The Labute approximate surface area is 137 Å². The summed E-state index contributed by atoms with van der Waals surface area (Å²) in [6.45, 7) is 0.625. The van der Waals surface area contributed by atoms with Gasteiger partial charge in [0.2, 0.25) is 5.91 Å². The number of carbonyl (C=O) groups excluding carboxylic acids is 1. The van der Waals surface area contributed by atoms with Crippen LogP contribution < -0.4 is 0 Å². The highest BCUT2D eigenvalue weighted by atomic mass is 35.5. The van der Waals surface area contributed by atoms with Crippen molar-refractivity contribution in [2.24, 2.45) is 23.2 Å². The SMILES string of the molecule is CN(Cc1ccccc1Cl)C(=O)C12CC3CC(CC(C3)C1)C2. The first-order valence-corrected chi connectivity index (χ1v) is 8.92. The molecule has 0 heterocycles. The summed E-state index contributed by atoms with van der Waals surface area (Å²) in [7, 11) is 1.95. The molecule has 0 aromatic heterocycles. The van der Waals surface area contributed by atoms with E-state index in [9.17, 15) is 4.79 Å². The molecular weight excluding hydrogens is 294 g/mol. The third kappa shape index (κ3) is 2.36. The van der Waals surface area contributed by atoms with Gasteiger partial charge in [-0.1, -0.05) is 29.8 Å². The van der Waals surface area contributed by atoms with Crippen molar-refractivity contribution >= 4 is 17.5 Å². The number of rotatable bonds is 3. The maximum Gasteiger partial charge on any atom is 0.228 e. The van der Waals surface area contributed by atoms with Gasteiger partial charge in [-0.25, -0.2) is 0 Å². The Morgan fingerprint density at radius 3 is 2.23 bits per heavy atom. The standard InChI is InChI=1S/C19H24ClNO/c1-21(12-16-4-2-3-5-17(16)20)18(22)19-9-13-6-14(10-19)8-15(7-13)11-19/h2-5,13-15H,6-12H2,1H3. The van der Waals surface area contributed by atoms with Gasteiger partial charge in [0.1, 0.15) is 0 Å². The highest BCUT2D eigenvalue weighted by molar-refractivity contribution is 6.31. The summed E-state index contributed by atoms with van der Waals surface area (Å²) in [5.41, 5.74) is 0.995. The Hall–Kier alpha value is -1.02. The molecule has 4 aliphatic carbocycles. The molecule has 3 heteroatoms. The van der Waals surface area contributed by atoms with Gasteiger partial charge in [0.25, 0.3) is 0 Å². The zero-order valence-electron chi connectivity index (χ0n) is 13.2. The average Bonchev–Trinajstić information content (AvgIpc) is 2.47. The molecule has 1 amide bonds. The van der Waals surface area contributed by atoms with Crippen LogP contribution >= 0.6 is 11.6 Å². The van der Waals surface area contributed by atoms with Gasteiger partial charge < -0.3 is 4.90 Å². The van der Waals surface area contributed by atoms with Gasteiger partial charge in [0.15, 0.2) is 0 Å². The second kappa shape index (κ2) is 5.26. The zero-order valence-corrected chi connectivity index (χ0v) is 14.0. The molecule has 4 aliphatic rings. The molecule has 5 rings (SSSR count). The monoisotopic (exact) mass is 317 g/mol.